The van der Waals surface area contributed by atoms with Gasteiger partial charge in [0.2, 0.25) is 0 Å². The fourth-order valence-electron chi connectivity index (χ4n) is 2.72. The Balaban J connectivity index is 2.02. The summed E-state index contributed by atoms with van der Waals surface area (Å²) in [5, 5.41) is 13.7. The summed E-state index contributed by atoms with van der Waals surface area (Å²) in [5.41, 5.74) is 3.17. The highest BCUT2D eigenvalue weighted by atomic mass is 16.5. The Morgan fingerprint density at radius 2 is 1.92 bits per heavy atom. The minimum atomic E-state index is -0.0510. The molecule has 3 heteroatoms. The molecule has 0 saturated heterocycles. The van der Waals surface area contributed by atoms with Crippen LogP contribution in [0, 0.1) is 0 Å². The number of aliphatic hydroxyl groups excluding tert-OH is 1. The fraction of sp³-hybridized carbons (Fsp3) is 0.182. The van der Waals surface area contributed by atoms with Gasteiger partial charge < -0.3 is 15.2 Å². The van der Waals surface area contributed by atoms with Crippen LogP contribution < -0.4 is 5.32 Å². The van der Waals surface area contributed by atoms with Crippen LogP contribution in [0.1, 0.15) is 17.2 Å². The third-order valence-electron chi connectivity index (χ3n) is 4.07. The number of allylic oxidation sites excluding steroid dienone is 7. The van der Waals surface area contributed by atoms with E-state index in [1.54, 1.807) is 25.3 Å². The fourth-order valence-corrected chi connectivity index (χ4v) is 2.72. The summed E-state index contributed by atoms with van der Waals surface area (Å²) in [6.07, 6.45) is 13.4. The van der Waals surface area contributed by atoms with E-state index in [1.165, 1.54) is 11.1 Å². The molecule has 0 aromatic heterocycles. The van der Waals surface area contributed by atoms with E-state index in [2.05, 4.69) is 30.6 Å². The maximum absolute atomic E-state index is 10.3. The number of methoxy groups -OCH3 is 1. The standard InChI is InChI=1S/C22H25NO2/c1-4-19(25-3)12-7-5-6-8-14-21(24)17(2)22-20-13-10-9-11-18(20)15-16-23-22/h4-14,22-24H,1-2,15-16H2,3H3/b7-5-,8-6-,19-12+,21-14+. The lowest BCUT2D eigenvalue weighted by atomic mass is 9.89. The first kappa shape index (κ1) is 18.6. The largest absolute Gasteiger partial charge is 0.508 e. The van der Waals surface area contributed by atoms with Crippen LogP contribution in [-0.2, 0) is 11.2 Å². The van der Waals surface area contributed by atoms with Crippen LogP contribution in [0.5, 0.6) is 0 Å². The second kappa shape index (κ2) is 9.50. The van der Waals surface area contributed by atoms with Crippen molar-refractivity contribution in [1.29, 1.82) is 0 Å². The lowest BCUT2D eigenvalue weighted by molar-refractivity contribution is 0.307. The normalized spacial score (nSPS) is 18.4. The van der Waals surface area contributed by atoms with Gasteiger partial charge in [0.05, 0.1) is 13.2 Å². The van der Waals surface area contributed by atoms with E-state index in [0.717, 1.165) is 13.0 Å². The smallest absolute Gasteiger partial charge is 0.120 e. The van der Waals surface area contributed by atoms with Gasteiger partial charge in [0.15, 0.2) is 0 Å². The molecular weight excluding hydrogens is 310 g/mol. The average Bonchev–Trinajstić information content (AvgIpc) is 2.66. The maximum Gasteiger partial charge on any atom is 0.120 e. The molecule has 0 radical (unpaired) electrons. The van der Waals surface area contributed by atoms with Crippen molar-refractivity contribution in [2.75, 3.05) is 13.7 Å². The van der Waals surface area contributed by atoms with E-state index in [4.69, 9.17) is 4.74 Å². The highest BCUT2D eigenvalue weighted by Crippen LogP contribution is 2.30. The van der Waals surface area contributed by atoms with Gasteiger partial charge in [-0.3, -0.25) is 0 Å². The van der Waals surface area contributed by atoms with Gasteiger partial charge in [0.25, 0.3) is 0 Å². The van der Waals surface area contributed by atoms with Crippen molar-refractivity contribution in [3.8, 4) is 0 Å². The Labute approximate surface area is 150 Å². The molecule has 3 nitrogen and oxygen atoms in total. The minimum Gasteiger partial charge on any atom is -0.508 e. The van der Waals surface area contributed by atoms with Crippen molar-refractivity contribution in [1.82, 2.24) is 5.32 Å². The second-order valence-electron chi connectivity index (χ2n) is 5.66. The molecule has 1 unspecified atom stereocenters. The molecular formula is C22H25NO2. The number of nitrogens with one attached hydrogen (secondary N) is 1. The highest BCUT2D eigenvalue weighted by Gasteiger charge is 2.23. The van der Waals surface area contributed by atoms with Gasteiger partial charge in [-0.25, -0.2) is 0 Å². The summed E-state index contributed by atoms with van der Waals surface area (Å²) < 4.78 is 5.07. The number of hydrogen-bond donors (Lipinski definition) is 2. The summed E-state index contributed by atoms with van der Waals surface area (Å²) in [4.78, 5) is 0. The van der Waals surface area contributed by atoms with Gasteiger partial charge in [-0.15, -0.1) is 0 Å². The molecule has 0 fully saturated rings. The van der Waals surface area contributed by atoms with E-state index in [1.807, 2.05) is 36.4 Å². The van der Waals surface area contributed by atoms with E-state index in [0.29, 0.717) is 11.3 Å². The Kier molecular flexibility index (Phi) is 7.05. The number of benzene rings is 1. The van der Waals surface area contributed by atoms with Crippen LogP contribution in [0.3, 0.4) is 0 Å². The SMILES string of the molecule is C=C\C(=C/C=C\C=C/C=C(/O)C(=C)C1NCCc2ccccc21)OC. The first-order valence-electron chi connectivity index (χ1n) is 8.28. The molecule has 0 amide bonds. The molecule has 1 aliphatic heterocycles. The molecule has 0 aliphatic carbocycles. The van der Waals surface area contributed by atoms with Crippen molar-refractivity contribution >= 4 is 0 Å². The quantitative estimate of drug-likeness (QED) is 0.560. The Morgan fingerprint density at radius 3 is 2.64 bits per heavy atom. The molecule has 0 bridgehead atoms. The number of aliphatic hydroxyl groups is 1. The van der Waals surface area contributed by atoms with Crippen LogP contribution in [0.4, 0.5) is 0 Å². The van der Waals surface area contributed by atoms with E-state index in [9.17, 15) is 5.11 Å². The van der Waals surface area contributed by atoms with E-state index < -0.39 is 0 Å². The van der Waals surface area contributed by atoms with Crippen molar-refractivity contribution in [3.05, 3.63) is 108 Å². The molecule has 1 heterocycles. The molecule has 1 aliphatic rings. The lowest BCUT2D eigenvalue weighted by Crippen LogP contribution is -2.31. The van der Waals surface area contributed by atoms with Crippen LogP contribution in [0.25, 0.3) is 0 Å². The molecule has 2 rings (SSSR count). The summed E-state index contributed by atoms with van der Waals surface area (Å²) in [7, 11) is 1.60. The number of ether oxygens (including phenoxy) is 1. The monoisotopic (exact) mass is 335 g/mol. The van der Waals surface area contributed by atoms with Crippen molar-refractivity contribution < 1.29 is 9.84 Å². The topological polar surface area (TPSA) is 41.5 Å². The van der Waals surface area contributed by atoms with Crippen LogP contribution in [0.15, 0.2) is 97.0 Å². The Bertz CT molecular complexity index is 738. The second-order valence-corrected chi connectivity index (χ2v) is 5.66. The number of fused-ring (bicyclic) bond motifs is 1. The van der Waals surface area contributed by atoms with Crippen LogP contribution in [0.2, 0.25) is 0 Å². The summed E-state index contributed by atoms with van der Waals surface area (Å²) in [5.74, 6) is 0.872. The summed E-state index contributed by atoms with van der Waals surface area (Å²) in [6.45, 7) is 8.59. The molecule has 0 spiro atoms. The molecule has 1 aromatic rings. The number of hydrogen-bond acceptors (Lipinski definition) is 3. The zero-order chi connectivity index (χ0) is 18.1. The zero-order valence-electron chi connectivity index (χ0n) is 14.6. The minimum absolute atomic E-state index is 0.0510. The molecule has 1 atom stereocenters. The van der Waals surface area contributed by atoms with E-state index >= 15 is 0 Å². The third-order valence-corrected chi connectivity index (χ3v) is 4.07. The average molecular weight is 335 g/mol. The van der Waals surface area contributed by atoms with E-state index in [-0.39, 0.29) is 11.8 Å². The third kappa shape index (κ3) is 5.10. The Morgan fingerprint density at radius 1 is 1.20 bits per heavy atom. The van der Waals surface area contributed by atoms with Crippen LogP contribution in [-0.4, -0.2) is 18.8 Å². The molecule has 1 aromatic carbocycles. The lowest BCUT2D eigenvalue weighted by Gasteiger charge is -2.28. The van der Waals surface area contributed by atoms with Crippen LogP contribution >= 0.6 is 0 Å². The summed E-state index contributed by atoms with van der Waals surface area (Å²) in [6, 6.07) is 8.23. The van der Waals surface area contributed by atoms with Gasteiger partial charge in [0, 0.05) is 12.1 Å². The summed E-state index contributed by atoms with van der Waals surface area (Å²) >= 11 is 0. The molecule has 0 saturated carbocycles. The van der Waals surface area contributed by atoms with Gasteiger partial charge in [-0.2, -0.15) is 0 Å². The predicted molar refractivity (Wildman–Crippen MR) is 104 cm³/mol. The van der Waals surface area contributed by atoms with Gasteiger partial charge in [-0.1, -0.05) is 61.7 Å². The molecule has 130 valence electrons. The predicted octanol–water partition coefficient (Wildman–Crippen LogP) is 4.70. The van der Waals surface area contributed by atoms with Crippen molar-refractivity contribution in [3.63, 3.8) is 0 Å². The molecule has 2 N–H and O–H groups in total. The van der Waals surface area contributed by atoms with Gasteiger partial charge in [0.1, 0.15) is 11.5 Å². The Hall–Kier alpha value is -2.78. The first-order chi connectivity index (χ1) is 12.2. The highest BCUT2D eigenvalue weighted by molar-refractivity contribution is 5.42. The number of rotatable bonds is 7. The van der Waals surface area contributed by atoms with Crippen molar-refractivity contribution in [2.24, 2.45) is 0 Å². The van der Waals surface area contributed by atoms with Gasteiger partial charge in [-0.05, 0) is 35.8 Å². The zero-order valence-corrected chi connectivity index (χ0v) is 14.6. The first-order valence-corrected chi connectivity index (χ1v) is 8.28. The maximum atomic E-state index is 10.3. The molecule has 25 heavy (non-hydrogen) atoms. The van der Waals surface area contributed by atoms with Gasteiger partial charge >= 0.3 is 0 Å². The van der Waals surface area contributed by atoms with Crippen molar-refractivity contribution in [2.45, 2.75) is 12.5 Å².